The molecule has 0 saturated carbocycles. The van der Waals surface area contributed by atoms with Gasteiger partial charge in [0.15, 0.2) is 0 Å². The quantitative estimate of drug-likeness (QED) is 0.489. The largest absolute Gasteiger partial charge is 1.00 e. The number of hydrogen-bond donors (Lipinski definition) is 1. The fourth-order valence-corrected chi connectivity index (χ4v) is 1.03. The van der Waals surface area contributed by atoms with Crippen LogP contribution in [-0.2, 0) is 0 Å². The second-order valence-corrected chi connectivity index (χ2v) is 2.93. The molecule has 0 spiro atoms. The maximum atomic E-state index is 2.44. The molecule has 78 valence electrons. The summed E-state index contributed by atoms with van der Waals surface area (Å²) in [5, 5.41) is 2.44. The van der Waals surface area contributed by atoms with Gasteiger partial charge in [-0.1, -0.05) is 26.7 Å². The maximum Gasteiger partial charge on any atom is 0.0755 e. The molecule has 0 aliphatic rings. The van der Waals surface area contributed by atoms with Gasteiger partial charge in [0, 0.05) is 0 Å². The topological polar surface area (TPSA) is 48.1 Å². The van der Waals surface area contributed by atoms with E-state index in [0.29, 0.717) is 0 Å². The van der Waals surface area contributed by atoms with Crippen molar-refractivity contribution in [2.24, 2.45) is 0 Å². The van der Waals surface area contributed by atoms with E-state index < -0.39 is 0 Å². The molecule has 0 fully saturated rings. The van der Waals surface area contributed by atoms with Crippen molar-refractivity contribution < 1.29 is 27.8 Å². The van der Waals surface area contributed by atoms with E-state index in [1.807, 2.05) is 0 Å². The number of hydrogen-bond acceptors (Lipinski definition) is 0. The molecule has 0 amide bonds. The molecule has 0 aromatic carbocycles. The minimum atomic E-state index is 0. The van der Waals surface area contributed by atoms with Crippen LogP contribution in [-0.4, -0.2) is 18.6 Å². The molecule has 4 N–H and O–H groups in total. The van der Waals surface area contributed by atoms with Gasteiger partial charge in [-0.05, 0) is 19.3 Å². The zero-order valence-corrected chi connectivity index (χ0v) is 9.99. The lowest BCUT2D eigenvalue weighted by Crippen LogP contribution is -3.00. The molecule has 0 aromatic heterocycles. The summed E-state index contributed by atoms with van der Waals surface area (Å²) in [6.45, 7) is 7.18. The van der Waals surface area contributed by atoms with Crippen LogP contribution in [0.15, 0.2) is 0 Å². The van der Waals surface area contributed by atoms with Crippen LogP contribution in [0.5, 0.6) is 0 Å². The van der Waals surface area contributed by atoms with E-state index in [2.05, 4.69) is 19.2 Å². The Morgan fingerprint density at radius 3 is 1.83 bits per heavy atom. The van der Waals surface area contributed by atoms with Gasteiger partial charge in [0.25, 0.3) is 0 Å². The highest BCUT2D eigenvalue weighted by Gasteiger charge is 1.88. The number of halogens is 1. The van der Waals surface area contributed by atoms with Gasteiger partial charge in [0.2, 0.25) is 0 Å². The van der Waals surface area contributed by atoms with Gasteiger partial charge < -0.3 is 27.8 Å². The summed E-state index contributed by atoms with van der Waals surface area (Å²) in [5.74, 6) is 0. The molecule has 0 heterocycles. The fourth-order valence-electron chi connectivity index (χ4n) is 1.03. The molecule has 0 aliphatic heterocycles. The van der Waals surface area contributed by atoms with Gasteiger partial charge in [0.05, 0.1) is 13.1 Å². The first-order valence-electron chi connectivity index (χ1n) is 4.73. The van der Waals surface area contributed by atoms with Crippen molar-refractivity contribution in [3.63, 3.8) is 0 Å². The molecule has 0 aromatic rings. The molecular formula is C9H24BrNO. The van der Waals surface area contributed by atoms with Gasteiger partial charge in [-0.25, -0.2) is 0 Å². The van der Waals surface area contributed by atoms with Crippen LogP contribution in [0.25, 0.3) is 0 Å². The van der Waals surface area contributed by atoms with Crippen molar-refractivity contribution in [3.8, 4) is 0 Å². The SMILES string of the molecule is CCCCC[NH2+]CCCC.O.[Br-]. The minimum Gasteiger partial charge on any atom is -1.00 e. The molecule has 2 nitrogen and oxygen atoms in total. The summed E-state index contributed by atoms with van der Waals surface area (Å²) < 4.78 is 0. The Bertz CT molecular complexity index is 54.5. The van der Waals surface area contributed by atoms with Crippen molar-refractivity contribution in [3.05, 3.63) is 0 Å². The number of quaternary nitrogens is 1. The van der Waals surface area contributed by atoms with Crippen LogP contribution in [0, 0.1) is 0 Å². The summed E-state index contributed by atoms with van der Waals surface area (Å²) in [7, 11) is 0. The molecule has 0 bridgehead atoms. The van der Waals surface area contributed by atoms with Crippen molar-refractivity contribution in [2.75, 3.05) is 13.1 Å². The zero-order chi connectivity index (χ0) is 7.66. The Morgan fingerprint density at radius 2 is 1.33 bits per heavy atom. The Labute approximate surface area is 87.2 Å². The summed E-state index contributed by atoms with van der Waals surface area (Å²) in [4.78, 5) is 0. The van der Waals surface area contributed by atoms with E-state index in [-0.39, 0.29) is 22.5 Å². The van der Waals surface area contributed by atoms with Crippen LogP contribution < -0.4 is 22.3 Å². The van der Waals surface area contributed by atoms with Gasteiger partial charge in [-0.2, -0.15) is 0 Å². The van der Waals surface area contributed by atoms with E-state index >= 15 is 0 Å². The van der Waals surface area contributed by atoms with Crippen LogP contribution in [0.3, 0.4) is 0 Å². The lowest BCUT2D eigenvalue weighted by molar-refractivity contribution is -0.655. The monoisotopic (exact) mass is 241 g/mol. The lowest BCUT2D eigenvalue weighted by Gasteiger charge is -1.98. The van der Waals surface area contributed by atoms with Crippen LogP contribution in [0.2, 0.25) is 0 Å². The van der Waals surface area contributed by atoms with Crippen molar-refractivity contribution >= 4 is 0 Å². The van der Waals surface area contributed by atoms with Crippen molar-refractivity contribution in [2.45, 2.75) is 46.0 Å². The number of nitrogens with two attached hydrogens (primary N) is 1. The Hall–Kier alpha value is 0.400. The highest BCUT2D eigenvalue weighted by atomic mass is 79.9. The average molecular weight is 242 g/mol. The lowest BCUT2D eigenvalue weighted by atomic mass is 10.2. The van der Waals surface area contributed by atoms with E-state index in [1.165, 1.54) is 45.2 Å². The number of unbranched alkanes of at least 4 members (excludes halogenated alkanes) is 3. The highest BCUT2D eigenvalue weighted by molar-refractivity contribution is 4.33. The Kier molecular flexibility index (Phi) is 26.6. The smallest absolute Gasteiger partial charge is 0.0755 e. The molecule has 3 heteroatoms. The number of rotatable bonds is 7. The van der Waals surface area contributed by atoms with Gasteiger partial charge in [-0.15, -0.1) is 0 Å². The third kappa shape index (κ3) is 16.8. The maximum absolute atomic E-state index is 2.44. The Morgan fingerprint density at radius 1 is 0.833 bits per heavy atom. The van der Waals surface area contributed by atoms with Gasteiger partial charge in [-0.3, -0.25) is 0 Å². The molecule has 0 unspecified atom stereocenters. The third-order valence-electron chi connectivity index (χ3n) is 1.77. The summed E-state index contributed by atoms with van der Waals surface area (Å²) >= 11 is 0. The third-order valence-corrected chi connectivity index (χ3v) is 1.77. The molecule has 12 heavy (non-hydrogen) atoms. The first-order chi connectivity index (χ1) is 4.91. The Balaban J connectivity index is -0.000000405. The predicted octanol–water partition coefficient (Wildman–Crippen LogP) is -2.28. The van der Waals surface area contributed by atoms with Gasteiger partial charge in [0.1, 0.15) is 0 Å². The molecule has 0 rings (SSSR count). The summed E-state index contributed by atoms with van der Waals surface area (Å²) in [5.41, 5.74) is 0. The van der Waals surface area contributed by atoms with Crippen molar-refractivity contribution in [1.29, 1.82) is 0 Å². The summed E-state index contributed by atoms with van der Waals surface area (Å²) in [6, 6.07) is 0. The van der Waals surface area contributed by atoms with E-state index in [9.17, 15) is 0 Å². The molecule has 0 saturated heterocycles. The van der Waals surface area contributed by atoms with Crippen LogP contribution in [0.4, 0.5) is 0 Å². The van der Waals surface area contributed by atoms with E-state index in [0.717, 1.165) is 0 Å². The van der Waals surface area contributed by atoms with E-state index in [1.54, 1.807) is 0 Å². The molecule has 0 aliphatic carbocycles. The average Bonchev–Trinajstić information content (AvgIpc) is 1.97. The normalized spacial score (nSPS) is 8.50. The van der Waals surface area contributed by atoms with Gasteiger partial charge >= 0.3 is 0 Å². The zero-order valence-electron chi connectivity index (χ0n) is 8.41. The molecule has 0 atom stereocenters. The van der Waals surface area contributed by atoms with Crippen LogP contribution >= 0.6 is 0 Å². The minimum absolute atomic E-state index is 0. The second-order valence-electron chi connectivity index (χ2n) is 2.93. The first-order valence-corrected chi connectivity index (χ1v) is 4.73. The standard InChI is InChI=1S/C9H21N.BrH.H2O/c1-3-5-7-9-10-8-6-4-2;;/h10H,3-9H2,1-2H3;1H;1H2. The highest BCUT2D eigenvalue weighted by Crippen LogP contribution is 1.88. The molecular weight excluding hydrogens is 218 g/mol. The first kappa shape index (κ1) is 18.2. The second kappa shape index (κ2) is 17.5. The van der Waals surface area contributed by atoms with Crippen molar-refractivity contribution in [1.82, 2.24) is 0 Å². The summed E-state index contributed by atoms with van der Waals surface area (Å²) in [6.07, 6.45) is 6.88. The predicted molar refractivity (Wildman–Crippen MR) is 49.7 cm³/mol. The van der Waals surface area contributed by atoms with E-state index in [4.69, 9.17) is 0 Å². The fraction of sp³-hybridized carbons (Fsp3) is 1.00. The van der Waals surface area contributed by atoms with Crippen LogP contribution in [0.1, 0.15) is 46.0 Å². The molecule has 0 radical (unpaired) electrons.